The van der Waals surface area contributed by atoms with Gasteiger partial charge in [-0.25, -0.2) is 0 Å². The number of rotatable bonds is 5. The molecule has 13 heavy (non-hydrogen) atoms. The Morgan fingerprint density at radius 2 is 1.46 bits per heavy atom. The van der Waals surface area contributed by atoms with Crippen LogP contribution in [0.1, 0.15) is 26.2 Å². The van der Waals surface area contributed by atoms with E-state index < -0.39 is 17.1 Å². The van der Waals surface area contributed by atoms with Gasteiger partial charge in [-0.05, 0) is 51.4 Å². The van der Waals surface area contributed by atoms with Crippen molar-refractivity contribution in [1.82, 2.24) is 0 Å². The summed E-state index contributed by atoms with van der Waals surface area (Å²) in [7, 11) is 0. The molecule has 0 aliphatic carbocycles. The Morgan fingerprint density at radius 3 is 1.69 bits per heavy atom. The summed E-state index contributed by atoms with van der Waals surface area (Å²) in [5.41, 5.74) is 0. The smallest absolute Gasteiger partial charge is 0.265 e. The summed E-state index contributed by atoms with van der Waals surface area (Å²) in [6.45, 7) is 1.93. The minimum absolute atomic E-state index is 0.324. The molecular weight excluding hydrogens is 296 g/mol. The van der Waals surface area contributed by atoms with E-state index in [0.717, 1.165) is 6.42 Å². The zero-order chi connectivity index (χ0) is 10.7. The summed E-state index contributed by atoms with van der Waals surface area (Å²) >= 11 is 21.6. The van der Waals surface area contributed by atoms with Gasteiger partial charge in [0.15, 0.2) is 0 Å². The Kier molecular flexibility index (Phi) is 6.34. The Labute approximate surface area is 97.2 Å². The standard InChI is InChI=1S/C5H10Cl4O2P2/c1-2-3-4-5(12(6,7)10)13(8,9)11/h5H,2-4H2,1H3. The van der Waals surface area contributed by atoms with Crippen LogP contribution < -0.4 is 0 Å². The zero-order valence-corrected chi connectivity index (χ0v) is 11.7. The van der Waals surface area contributed by atoms with Crippen molar-refractivity contribution in [1.29, 1.82) is 0 Å². The number of halogens is 4. The molecule has 80 valence electrons. The second kappa shape index (κ2) is 5.64. The fraction of sp³-hybridized carbons (Fsp3) is 1.00. The zero-order valence-electron chi connectivity index (χ0n) is 6.92. The molecule has 0 aromatic heterocycles. The Morgan fingerprint density at radius 1 is 1.08 bits per heavy atom. The maximum Gasteiger partial charge on any atom is 0.265 e. The predicted molar refractivity (Wildman–Crippen MR) is 61.9 cm³/mol. The van der Waals surface area contributed by atoms with Crippen LogP contribution in [0.25, 0.3) is 0 Å². The maximum atomic E-state index is 11.3. The van der Waals surface area contributed by atoms with Gasteiger partial charge in [-0.3, -0.25) is 9.13 Å². The summed E-state index contributed by atoms with van der Waals surface area (Å²) in [5.74, 6) is -7.02. The molecule has 0 aliphatic rings. The first kappa shape index (κ1) is 14.6. The van der Waals surface area contributed by atoms with E-state index in [4.69, 9.17) is 45.0 Å². The highest BCUT2D eigenvalue weighted by Gasteiger charge is 2.41. The summed E-state index contributed by atoms with van der Waals surface area (Å²) in [5, 5.41) is -0.994. The Hall–Kier alpha value is 1.62. The van der Waals surface area contributed by atoms with Crippen molar-refractivity contribution in [2.24, 2.45) is 0 Å². The second-order valence-electron chi connectivity index (χ2n) is 2.63. The highest BCUT2D eigenvalue weighted by molar-refractivity contribution is 8.22. The quantitative estimate of drug-likeness (QED) is 0.597. The molecule has 0 aromatic carbocycles. The van der Waals surface area contributed by atoms with Crippen LogP contribution in [0.2, 0.25) is 0 Å². The SMILES string of the molecule is CCCCC(P(=O)(Cl)Cl)P(=O)(Cl)Cl. The molecule has 0 fully saturated rings. The third kappa shape index (κ3) is 5.92. The average molecular weight is 306 g/mol. The molecule has 0 radical (unpaired) electrons. The lowest BCUT2D eigenvalue weighted by Crippen LogP contribution is -1.98. The van der Waals surface area contributed by atoms with Gasteiger partial charge >= 0.3 is 0 Å². The molecule has 0 saturated carbocycles. The topological polar surface area (TPSA) is 34.1 Å². The van der Waals surface area contributed by atoms with E-state index in [9.17, 15) is 9.13 Å². The molecule has 0 aliphatic heterocycles. The van der Waals surface area contributed by atoms with Crippen molar-refractivity contribution in [3.63, 3.8) is 0 Å². The van der Waals surface area contributed by atoms with Gasteiger partial charge in [0.2, 0.25) is 0 Å². The highest BCUT2D eigenvalue weighted by Crippen LogP contribution is 2.79. The van der Waals surface area contributed by atoms with E-state index in [2.05, 4.69) is 0 Å². The molecule has 0 N–H and O–H groups in total. The van der Waals surface area contributed by atoms with E-state index in [1.165, 1.54) is 0 Å². The molecule has 0 rings (SSSR count). The molecule has 2 nitrogen and oxygen atoms in total. The van der Waals surface area contributed by atoms with Crippen molar-refractivity contribution in [2.75, 3.05) is 0 Å². The van der Waals surface area contributed by atoms with Crippen LogP contribution in [-0.4, -0.2) is 5.40 Å². The summed E-state index contributed by atoms with van der Waals surface area (Å²) < 4.78 is 22.5. The molecule has 0 amide bonds. The lowest BCUT2D eigenvalue weighted by atomic mass is 10.3. The van der Waals surface area contributed by atoms with Gasteiger partial charge in [-0.2, -0.15) is 0 Å². The lowest BCUT2D eigenvalue weighted by Gasteiger charge is -2.17. The van der Waals surface area contributed by atoms with E-state index in [1.807, 2.05) is 6.92 Å². The van der Waals surface area contributed by atoms with E-state index in [0.29, 0.717) is 12.8 Å². The molecule has 0 unspecified atom stereocenters. The van der Waals surface area contributed by atoms with Gasteiger partial charge in [0.1, 0.15) is 5.40 Å². The second-order valence-corrected chi connectivity index (χ2v) is 13.4. The first-order valence-corrected chi connectivity index (χ1v) is 10.8. The van der Waals surface area contributed by atoms with Crippen LogP contribution >= 0.6 is 56.7 Å². The third-order valence-electron chi connectivity index (χ3n) is 1.51. The monoisotopic (exact) mass is 304 g/mol. The van der Waals surface area contributed by atoms with Gasteiger partial charge in [0.25, 0.3) is 11.7 Å². The minimum atomic E-state index is -3.51. The van der Waals surface area contributed by atoms with E-state index >= 15 is 0 Å². The molecular formula is C5H10Cl4O2P2. The van der Waals surface area contributed by atoms with Gasteiger partial charge < -0.3 is 0 Å². The Balaban J connectivity index is 4.59. The van der Waals surface area contributed by atoms with Gasteiger partial charge in [0, 0.05) is 0 Å². The minimum Gasteiger partial charge on any atom is -0.288 e. The molecule has 0 atom stereocenters. The van der Waals surface area contributed by atoms with Crippen molar-refractivity contribution in [3.05, 3.63) is 0 Å². The number of hydrogen-bond donors (Lipinski definition) is 0. The highest BCUT2D eigenvalue weighted by atomic mass is 35.9. The first-order valence-electron chi connectivity index (χ1n) is 3.67. The summed E-state index contributed by atoms with van der Waals surface area (Å²) in [4.78, 5) is 0. The van der Waals surface area contributed by atoms with E-state index in [-0.39, 0.29) is 0 Å². The number of unbranched alkanes of at least 4 members (excludes halogenated alkanes) is 1. The summed E-state index contributed by atoms with van der Waals surface area (Å²) in [6.07, 6.45) is 1.86. The van der Waals surface area contributed by atoms with Crippen LogP contribution in [0.15, 0.2) is 0 Å². The van der Waals surface area contributed by atoms with Gasteiger partial charge in [-0.15, -0.1) is 0 Å². The summed E-state index contributed by atoms with van der Waals surface area (Å²) in [6, 6.07) is 0. The van der Waals surface area contributed by atoms with Crippen molar-refractivity contribution < 1.29 is 9.13 Å². The van der Waals surface area contributed by atoms with Crippen molar-refractivity contribution in [3.8, 4) is 0 Å². The van der Waals surface area contributed by atoms with Crippen molar-refractivity contribution >= 4 is 56.7 Å². The maximum absolute atomic E-state index is 11.3. The lowest BCUT2D eigenvalue weighted by molar-refractivity contribution is 0.574. The molecule has 0 heterocycles. The molecule has 0 saturated heterocycles. The van der Waals surface area contributed by atoms with Gasteiger partial charge in [0.05, 0.1) is 0 Å². The predicted octanol–water partition coefficient (Wildman–Crippen LogP) is 5.84. The largest absolute Gasteiger partial charge is 0.288 e. The fourth-order valence-corrected chi connectivity index (χ4v) is 10.3. The molecule has 0 aromatic rings. The average Bonchev–Trinajstić information content (AvgIpc) is 1.81. The first-order chi connectivity index (χ1) is 5.69. The molecule has 0 spiro atoms. The molecule has 8 heteroatoms. The van der Waals surface area contributed by atoms with Crippen LogP contribution in [-0.2, 0) is 9.13 Å². The Bertz CT molecular complexity index is 223. The van der Waals surface area contributed by atoms with Crippen LogP contribution in [0.3, 0.4) is 0 Å². The van der Waals surface area contributed by atoms with E-state index in [1.54, 1.807) is 0 Å². The normalized spacial score (nSPS) is 13.7. The van der Waals surface area contributed by atoms with Crippen LogP contribution in [0.4, 0.5) is 0 Å². The van der Waals surface area contributed by atoms with Crippen LogP contribution in [0.5, 0.6) is 0 Å². The number of hydrogen-bond acceptors (Lipinski definition) is 2. The molecule has 0 bridgehead atoms. The van der Waals surface area contributed by atoms with Crippen LogP contribution in [0, 0.1) is 0 Å². The third-order valence-corrected chi connectivity index (χ3v) is 9.83. The van der Waals surface area contributed by atoms with Crippen molar-refractivity contribution in [2.45, 2.75) is 31.6 Å². The fourth-order valence-electron chi connectivity index (χ4n) is 0.844. The van der Waals surface area contributed by atoms with Gasteiger partial charge in [-0.1, -0.05) is 19.8 Å².